The van der Waals surface area contributed by atoms with E-state index in [0.29, 0.717) is 24.6 Å². The maximum Gasteiger partial charge on any atom is 0.311 e. The van der Waals surface area contributed by atoms with Crippen molar-refractivity contribution in [2.45, 2.75) is 39.9 Å². The monoisotopic (exact) mass is 448 g/mol. The Morgan fingerprint density at radius 1 is 1.18 bits per heavy atom. The Kier molecular flexibility index (Phi) is 6.29. The Bertz CT molecular complexity index is 1290. The highest BCUT2D eigenvalue weighted by Gasteiger charge is 2.14. The van der Waals surface area contributed by atoms with Crippen LogP contribution in [0.3, 0.4) is 0 Å². The highest BCUT2D eigenvalue weighted by atomic mass is 16.4. The van der Waals surface area contributed by atoms with Crippen molar-refractivity contribution in [1.29, 1.82) is 0 Å². The minimum atomic E-state index is -1.02. The van der Waals surface area contributed by atoms with Gasteiger partial charge in [-0.2, -0.15) is 5.10 Å². The largest absolute Gasteiger partial charge is 0.481 e. The van der Waals surface area contributed by atoms with E-state index in [4.69, 9.17) is 5.11 Å². The van der Waals surface area contributed by atoms with Gasteiger partial charge < -0.3 is 15.0 Å². The smallest absolute Gasteiger partial charge is 0.311 e. The Morgan fingerprint density at radius 3 is 2.85 bits per heavy atom. The summed E-state index contributed by atoms with van der Waals surface area (Å²) in [7, 11) is 0. The summed E-state index contributed by atoms with van der Waals surface area (Å²) in [5.41, 5.74) is 4.78. The number of amides is 1. The van der Waals surface area contributed by atoms with E-state index in [1.54, 1.807) is 27.6 Å². The summed E-state index contributed by atoms with van der Waals surface area (Å²) in [6.07, 6.45) is 3.40. The molecule has 3 N–H and O–H groups in total. The summed E-state index contributed by atoms with van der Waals surface area (Å²) < 4.78 is 3.58. The number of rotatable bonds is 9. The normalized spacial score (nSPS) is 11.0. The minimum absolute atomic E-state index is 0.0999. The first-order valence-corrected chi connectivity index (χ1v) is 10.4. The molecule has 11 nitrogen and oxygen atoms in total. The second-order valence-electron chi connectivity index (χ2n) is 7.81. The lowest BCUT2D eigenvalue weighted by molar-refractivity contribution is -0.136. The number of nitrogens with one attached hydrogen (secondary N) is 2. The van der Waals surface area contributed by atoms with E-state index < -0.39 is 5.97 Å². The standard InChI is InChI=1S/C22H24N8O3/c1-14-5-6-15(2)16(8-14)11-30-13-17(25-28-30)12-29-7-3-4-18(29)22(33)23-10-20-24-19(26-27-20)9-21(31)32/h3-8,13H,9-12H2,1-2H3,(H,23,33)(H,31,32)(H,24,26,27). The van der Waals surface area contributed by atoms with Crippen molar-refractivity contribution in [2.24, 2.45) is 0 Å². The number of carbonyl (C=O) groups is 2. The number of aromatic amines is 1. The zero-order chi connectivity index (χ0) is 23.4. The number of aliphatic carboxylic acids is 1. The van der Waals surface area contributed by atoms with Crippen LogP contribution in [0.1, 0.15) is 44.5 Å². The number of nitrogens with zero attached hydrogens (tertiary/aromatic N) is 6. The molecule has 0 radical (unpaired) electrons. The zero-order valence-corrected chi connectivity index (χ0v) is 18.3. The lowest BCUT2D eigenvalue weighted by atomic mass is 10.1. The van der Waals surface area contributed by atoms with Crippen molar-refractivity contribution in [3.63, 3.8) is 0 Å². The number of H-pyrrole nitrogens is 1. The van der Waals surface area contributed by atoms with Gasteiger partial charge in [0.2, 0.25) is 0 Å². The molecule has 3 heterocycles. The number of carboxylic acid groups (broad SMARTS) is 1. The molecule has 33 heavy (non-hydrogen) atoms. The van der Waals surface area contributed by atoms with Gasteiger partial charge >= 0.3 is 5.97 Å². The Morgan fingerprint density at radius 2 is 2.03 bits per heavy atom. The summed E-state index contributed by atoms with van der Waals surface area (Å²) in [5.74, 6) is -0.765. The van der Waals surface area contributed by atoms with Gasteiger partial charge in [0.25, 0.3) is 5.91 Å². The zero-order valence-electron chi connectivity index (χ0n) is 18.3. The number of carbonyl (C=O) groups excluding carboxylic acids is 1. The van der Waals surface area contributed by atoms with E-state index >= 15 is 0 Å². The highest BCUT2D eigenvalue weighted by molar-refractivity contribution is 5.92. The number of carboxylic acids is 1. The molecule has 0 aliphatic heterocycles. The van der Waals surface area contributed by atoms with Crippen molar-refractivity contribution >= 4 is 11.9 Å². The van der Waals surface area contributed by atoms with E-state index in [9.17, 15) is 9.59 Å². The quantitative estimate of drug-likeness (QED) is 0.352. The molecule has 4 rings (SSSR count). The first-order chi connectivity index (χ1) is 15.9. The molecular formula is C22H24N8O3. The summed E-state index contributed by atoms with van der Waals surface area (Å²) in [4.78, 5) is 27.4. The number of hydrogen-bond acceptors (Lipinski definition) is 6. The van der Waals surface area contributed by atoms with Gasteiger partial charge in [-0.3, -0.25) is 14.7 Å². The van der Waals surface area contributed by atoms with Gasteiger partial charge in [-0.25, -0.2) is 9.67 Å². The van der Waals surface area contributed by atoms with Gasteiger partial charge in [-0.1, -0.05) is 29.0 Å². The van der Waals surface area contributed by atoms with Gasteiger partial charge in [-0.05, 0) is 37.1 Å². The molecule has 11 heteroatoms. The Balaban J connectivity index is 1.37. The molecule has 0 aliphatic carbocycles. The Labute approximate surface area is 189 Å². The molecule has 3 aromatic heterocycles. The third kappa shape index (κ3) is 5.50. The van der Waals surface area contributed by atoms with Crippen LogP contribution in [0.4, 0.5) is 0 Å². The van der Waals surface area contributed by atoms with Crippen molar-refractivity contribution < 1.29 is 14.7 Å². The van der Waals surface area contributed by atoms with Gasteiger partial charge in [0.1, 0.15) is 23.6 Å². The molecule has 0 saturated heterocycles. The van der Waals surface area contributed by atoms with Gasteiger partial charge in [0.05, 0.1) is 25.8 Å². The van der Waals surface area contributed by atoms with E-state index in [1.807, 2.05) is 6.20 Å². The molecule has 0 saturated carbocycles. The summed E-state index contributed by atoms with van der Waals surface area (Å²) in [5, 5.41) is 26.5. The number of aryl methyl sites for hydroxylation is 2. The van der Waals surface area contributed by atoms with E-state index in [0.717, 1.165) is 5.69 Å². The molecule has 0 fully saturated rings. The molecule has 0 aliphatic rings. The maximum atomic E-state index is 12.7. The lowest BCUT2D eigenvalue weighted by Gasteiger charge is -2.08. The lowest BCUT2D eigenvalue weighted by Crippen LogP contribution is -2.26. The number of aromatic nitrogens is 7. The van der Waals surface area contributed by atoms with Gasteiger partial charge in [0, 0.05) is 6.20 Å². The second kappa shape index (κ2) is 9.47. The van der Waals surface area contributed by atoms with Crippen molar-refractivity contribution in [1.82, 2.24) is 40.1 Å². The highest BCUT2D eigenvalue weighted by Crippen LogP contribution is 2.13. The van der Waals surface area contributed by atoms with Crippen LogP contribution in [0.25, 0.3) is 0 Å². The fourth-order valence-corrected chi connectivity index (χ4v) is 3.45. The van der Waals surface area contributed by atoms with Crippen LogP contribution in [0.5, 0.6) is 0 Å². The van der Waals surface area contributed by atoms with Crippen LogP contribution in [0.2, 0.25) is 0 Å². The van der Waals surface area contributed by atoms with Crippen LogP contribution in [-0.4, -0.2) is 51.7 Å². The molecular weight excluding hydrogens is 424 g/mol. The number of hydrogen-bond donors (Lipinski definition) is 3. The Hall–Kier alpha value is -4.28. The first kappa shape index (κ1) is 21.9. The summed E-state index contributed by atoms with van der Waals surface area (Å²) in [6, 6.07) is 9.83. The van der Waals surface area contributed by atoms with Crippen LogP contribution in [0.15, 0.2) is 42.7 Å². The molecule has 1 amide bonds. The predicted octanol–water partition coefficient (Wildman–Crippen LogP) is 1.47. The minimum Gasteiger partial charge on any atom is -0.481 e. The molecule has 0 atom stereocenters. The van der Waals surface area contributed by atoms with Crippen LogP contribution in [-0.2, 0) is 30.8 Å². The van der Waals surface area contributed by atoms with Crippen molar-refractivity contribution in [2.75, 3.05) is 0 Å². The summed E-state index contributed by atoms with van der Waals surface area (Å²) in [6.45, 7) is 5.26. The molecule has 170 valence electrons. The second-order valence-corrected chi connectivity index (χ2v) is 7.81. The molecule has 1 aromatic carbocycles. The predicted molar refractivity (Wildman–Crippen MR) is 117 cm³/mol. The topological polar surface area (TPSA) is 144 Å². The SMILES string of the molecule is Cc1ccc(C)c(Cn2cc(Cn3cccc3C(=O)NCc3nc(CC(=O)O)n[nH]3)nn2)c1. The average Bonchev–Trinajstić information content (AvgIpc) is 3.51. The average molecular weight is 448 g/mol. The molecule has 0 unspecified atom stereocenters. The van der Waals surface area contributed by atoms with Gasteiger partial charge in [0.15, 0.2) is 5.82 Å². The van der Waals surface area contributed by atoms with E-state index in [2.05, 4.69) is 62.9 Å². The molecule has 0 bridgehead atoms. The number of benzene rings is 1. The van der Waals surface area contributed by atoms with Crippen LogP contribution in [0, 0.1) is 13.8 Å². The third-order valence-corrected chi connectivity index (χ3v) is 5.12. The van der Waals surface area contributed by atoms with Crippen molar-refractivity contribution in [3.05, 3.63) is 82.5 Å². The first-order valence-electron chi connectivity index (χ1n) is 10.4. The molecule has 0 spiro atoms. The maximum absolute atomic E-state index is 12.7. The third-order valence-electron chi connectivity index (χ3n) is 5.12. The summed E-state index contributed by atoms with van der Waals surface area (Å²) >= 11 is 0. The van der Waals surface area contributed by atoms with Gasteiger partial charge in [-0.15, -0.1) is 5.10 Å². The van der Waals surface area contributed by atoms with Crippen LogP contribution < -0.4 is 5.32 Å². The van der Waals surface area contributed by atoms with E-state index in [-0.39, 0.29) is 24.7 Å². The molecule has 4 aromatic rings. The fourth-order valence-electron chi connectivity index (χ4n) is 3.45. The van der Waals surface area contributed by atoms with Crippen molar-refractivity contribution in [3.8, 4) is 0 Å². The van der Waals surface area contributed by atoms with Crippen LogP contribution >= 0.6 is 0 Å². The van der Waals surface area contributed by atoms with E-state index in [1.165, 1.54) is 16.7 Å². The fraction of sp³-hybridized carbons (Fsp3) is 0.273.